The lowest BCUT2D eigenvalue weighted by atomic mass is 10.2. The van der Waals surface area contributed by atoms with Crippen LogP contribution in [0.1, 0.15) is 22.5 Å². The number of para-hydroxylation sites is 1. The van der Waals surface area contributed by atoms with E-state index in [1.807, 2.05) is 36.4 Å². The van der Waals surface area contributed by atoms with Gasteiger partial charge in [-0.3, -0.25) is 19.7 Å². The zero-order valence-electron chi connectivity index (χ0n) is 17.5. The van der Waals surface area contributed by atoms with Gasteiger partial charge in [0.15, 0.2) is 0 Å². The van der Waals surface area contributed by atoms with Gasteiger partial charge < -0.3 is 20.5 Å². The molecule has 10 heteroatoms. The maximum Gasteiger partial charge on any atom is 0.405 e. The van der Waals surface area contributed by atoms with Crippen LogP contribution in [-0.2, 0) is 16.1 Å². The summed E-state index contributed by atoms with van der Waals surface area (Å²) in [6, 6.07) is 18.9. The zero-order valence-corrected chi connectivity index (χ0v) is 19.1. The second kappa shape index (κ2) is 11.8. The number of nitrogens with one attached hydrogen (secondary N) is 3. The van der Waals surface area contributed by atoms with Gasteiger partial charge in [0.25, 0.3) is 11.8 Å². The Morgan fingerprint density at radius 2 is 1.67 bits per heavy atom. The van der Waals surface area contributed by atoms with Gasteiger partial charge in [0.05, 0.1) is 11.1 Å². The van der Waals surface area contributed by atoms with Crippen LogP contribution >= 0.6 is 15.9 Å². The molecule has 0 fully saturated rings. The molecule has 33 heavy (non-hydrogen) atoms. The van der Waals surface area contributed by atoms with Crippen LogP contribution in [-0.4, -0.2) is 40.3 Å². The molecule has 1 heterocycles. The number of anilines is 1. The number of hydrogen-bond donors (Lipinski definition) is 4. The van der Waals surface area contributed by atoms with Crippen molar-refractivity contribution in [2.45, 2.75) is 19.1 Å². The zero-order chi connectivity index (χ0) is 23.6. The van der Waals surface area contributed by atoms with Crippen molar-refractivity contribution in [2.75, 3.05) is 17.3 Å². The van der Waals surface area contributed by atoms with E-state index in [-0.39, 0.29) is 18.7 Å². The number of ether oxygens (including phenoxy) is 1. The number of carboxylic acid groups (broad SMARTS) is 1. The van der Waals surface area contributed by atoms with Crippen LogP contribution in [0, 0.1) is 0 Å². The molecule has 3 amide bonds. The Morgan fingerprint density at radius 1 is 1.00 bits per heavy atom. The summed E-state index contributed by atoms with van der Waals surface area (Å²) in [6.45, 7) is 0.501. The number of rotatable bonds is 10. The molecule has 9 nitrogen and oxygen atoms in total. The van der Waals surface area contributed by atoms with Crippen LogP contribution in [0.5, 0.6) is 0 Å². The second-order valence-electron chi connectivity index (χ2n) is 7.01. The lowest BCUT2D eigenvalue weighted by Gasteiger charge is -2.18. The molecule has 4 N–H and O–H groups in total. The van der Waals surface area contributed by atoms with E-state index in [9.17, 15) is 14.4 Å². The van der Waals surface area contributed by atoms with Crippen molar-refractivity contribution >= 4 is 39.5 Å². The highest BCUT2D eigenvalue weighted by Crippen LogP contribution is 2.19. The van der Waals surface area contributed by atoms with E-state index in [2.05, 4.69) is 32.0 Å². The first-order chi connectivity index (χ1) is 15.9. The Kier molecular flexibility index (Phi) is 8.62. The third-order valence-corrected chi connectivity index (χ3v) is 5.23. The topological polar surface area (TPSA) is 122 Å². The van der Waals surface area contributed by atoms with Gasteiger partial charge in [-0.05, 0) is 39.7 Å². The van der Waals surface area contributed by atoms with Gasteiger partial charge in [-0.1, -0.05) is 48.5 Å². The van der Waals surface area contributed by atoms with Crippen LogP contribution in [0.2, 0.25) is 0 Å². The fourth-order valence-electron chi connectivity index (χ4n) is 3.01. The number of carbonyl (C=O) groups is 3. The highest BCUT2D eigenvalue weighted by atomic mass is 79.9. The molecule has 0 aliphatic heterocycles. The monoisotopic (exact) mass is 514 g/mol. The summed E-state index contributed by atoms with van der Waals surface area (Å²) < 4.78 is 7.28. The number of amides is 3. The molecular weight excluding hydrogens is 492 g/mol. The van der Waals surface area contributed by atoms with E-state index >= 15 is 0 Å². The summed E-state index contributed by atoms with van der Waals surface area (Å²) in [5.41, 5.74) is 4.28. The predicted octanol–water partition coefficient (Wildman–Crippen LogP) is 3.82. The van der Waals surface area contributed by atoms with Gasteiger partial charge >= 0.3 is 6.09 Å². The second-order valence-corrected chi connectivity index (χ2v) is 7.86. The molecule has 0 radical (unpaired) electrons. The van der Waals surface area contributed by atoms with E-state index in [1.54, 1.807) is 30.3 Å². The molecule has 0 saturated carbocycles. The molecule has 0 spiro atoms. The number of hydrogen-bond acceptors (Lipinski definition) is 4. The molecule has 1 unspecified atom stereocenters. The first kappa shape index (κ1) is 24.0. The lowest BCUT2D eigenvalue weighted by Crippen LogP contribution is -2.46. The normalized spacial score (nSPS) is 11.4. The molecule has 1 aromatic heterocycles. The molecule has 3 rings (SSSR count). The molecule has 0 bridgehead atoms. The Hall–Kier alpha value is -3.63. The summed E-state index contributed by atoms with van der Waals surface area (Å²) >= 11 is 3.31. The molecule has 0 saturated heterocycles. The van der Waals surface area contributed by atoms with E-state index in [0.717, 1.165) is 5.56 Å². The van der Waals surface area contributed by atoms with Crippen LogP contribution in [0.4, 0.5) is 10.5 Å². The van der Waals surface area contributed by atoms with Gasteiger partial charge in [-0.15, -0.1) is 0 Å². The number of aromatic nitrogens is 1. The highest BCUT2D eigenvalue weighted by Gasteiger charge is 2.23. The maximum atomic E-state index is 12.8. The molecule has 0 aliphatic carbocycles. The highest BCUT2D eigenvalue weighted by molar-refractivity contribution is 9.10. The van der Waals surface area contributed by atoms with Crippen molar-refractivity contribution in [1.82, 2.24) is 9.99 Å². The van der Waals surface area contributed by atoms with E-state index < -0.39 is 23.9 Å². The Bertz CT molecular complexity index is 1090. The number of carbonyl (C=O) groups excluding carboxylic acids is 2. The molecule has 2 aromatic carbocycles. The van der Waals surface area contributed by atoms with Gasteiger partial charge in [-0.2, -0.15) is 0 Å². The number of halogens is 1. The van der Waals surface area contributed by atoms with Crippen molar-refractivity contribution in [3.8, 4) is 0 Å². The average molecular weight is 515 g/mol. The van der Waals surface area contributed by atoms with Crippen LogP contribution in [0.3, 0.4) is 0 Å². The van der Waals surface area contributed by atoms with Gasteiger partial charge in [0, 0.05) is 24.9 Å². The first-order valence-electron chi connectivity index (χ1n) is 10.1. The third kappa shape index (κ3) is 7.19. The van der Waals surface area contributed by atoms with Crippen molar-refractivity contribution in [3.63, 3.8) is 0 Å². The maximum absolute atomic E-state index is 12.8. The van der Waals surface area contributed by atoms with E-state index in [4.69, 9.17) is 9.84 Å². The van der Waals surface area contributed by atoms with Gasteiger partial charge in [0.2, 0.25) is 0 Å². The summed E-state index contributed by atoms with van der Waals surface area (Å²) in [7, 11) is 0. The summed E-state index contributed by atoms with van der Waals surface area (Å²) in [5.74, 6) is -1.08. The fourth-order valence-corrected chi connectivity index (χ4v) is 3.50. The molecule has 172 valence electrons. The van der Waals surface area contributed by atoms with E-state index in [0.29, 0.717) is 16.8 Å². The minimum atomic E-state index is -1.34. The van der Waals surface area contributed by atoms with Gasteiger partial charge in [0.1, 0.15) is 11.7 Å². The predicted molar refractivity (Wildman–Crippen MR) is 127 cm³/mol. The lowest BCUT2D eigenvalue weighted by molar-refractivity contribution is -0.119. The minimum Gasteiger partial charge on any atom is -0.465 e. The number of nitrogens with zero attached hydrogens (tertiary/aromatic N) is 1. The van der Waals surface area contributed by atoms with Crippen molar-refractivity contribution in [1.29, 1.82) is 0 Å². The fraction of sp³-hybridized carbons (Fsp3) is 0.174. The Balaban J connectivity index is 1.62. The largest absolute Gasteiger partial charge is 0.465 e. The molecule has 3 aromatic rings. The first-order valence-corrected chi connectivity index (χ1v) is 10.9. The molecule has 0 aliphatic rings. The van der Waals surface area contributed by atoms with Crippen LogP contribution in [0.25, 0.3) is 0 Å². The molecular formula is C23H23BrN4O5. The van der Waals surface area contributed by atoms with Crippen molar-refractivity contribution < 1.29 is 24.2 Å². The average Bonchev–Trinajstić information content (AvgIpc) is 3.16. The van der Waals surface area contributed by atoms with Crippen LogP contribution < -0.4 is 16.1 Å². The smallest absolute Gasteiger partial charge is 0.405 e. The molecule has 1 atom stereocenters. The summed E-state index contributed by atoms with van der Waals surface area (Å²) in [4.78, 5) is 36.7. The van der Waals surface area contributed by atoms with Crippen LogP contribution in [0.15, 0.2) is 77.4 Å². The van der Waals surface area contributed by atoms with Gasteiger partial charge in [-0.25, -0.2) is 4.79 Å². The van der Waals surface area contributed by atoms with Crippen molar-refractivity contribution in [3.05, 3.63) is 88.7 Å². The summed E-state index contributed by atoms with van der Waals surface area (Å²) in [6.07, 6.45) is 0.263. The standard InChI is InChI=1S/C23H23BrN4O5/c24-18-11-13-28(20(18)22(30)25-17-9-5-2-6-10-17)27-21(29)19(26-23(31)32)12-14-33-15-16-7-3-1-4-8-16/h1-11,13,19,26H,12,14-15H2,(H,25,30)(H,27,29)(H,31,32). The third-order valence-electron chi connectivity index (χ3n) is 4.59. The van der Waals surface area contributed by atoms with E-state index in [1.165, 1.54) is 10.9 Å². The Morgan fingerprint density at radius 3 is 2.33 bits per heavy atom. The summed E-state index contributed by atoms with van der Waals surface area (Å²) in [5, 5.41) is 14.1. The Labute approximate surface area is 198 Å². The minimum absolute atomic E-state index is 0.110. The SMILES string of the molecule is O=C(O)NC(CCOCc1ccccc1)C(=O)Nn1ccc(Br)c1C(=O)Nc1ccccc1. The van der Waals surface area contributed by atoms with Crippen molar-refractivity contribution in [2.24, 2.45) is 0 Å². The quantitative estimate of drug-likeness (QED) is 0.306. The number of benzene rings is 2.